The lowest BCUT2D eigenvalue weighted by atomic mass is 9.96. The number of alkyl halides is 3. The number of carboxylic acid groups (broad SMARTS) is 1. The smallest absolute Gasteiger partial charge is 0.394 e. The zero-order chi connectivity index (χ0) is 15.6. The van der Waals surface area contributed by atoms with Crippen molar-refractivity contribution >= 4 is 23.8 Å². The van der Waals surface area contributed by atoms with Gasteiger partial charge < -0.3 is 15.3 Å². The topological polar surface area (TPSA) is 69.6 Å². The average molecular weight is 326 g/mol. The molecule has 0 aromatic carbocycles. The highest BCUT2D eigenvalue weighted by molar-refractivity contribution is 7.99. The van der Waals surface area contributed by atoms with Crippen molar-refractivity contribution in [2.24, 2.45) is 17.8 Å². The molecule has 2 N–H and O–H groups in total. The van der Waals surface area contributed by atoms with Crippen molar-refractivity contribution in [3.05, 3.63) is 0 Å². The molecule has 3 atom stereocenters. The van der Waals surface area contributed by atoms with Gasteiger partial charge in [0.15, 0.2) is 0 Å². The van der Waals surface area contributed by atoms with Gasteiger partial charge in [0.25, 0.3) is 0 Å². The van der Waals surface area contributed by atoms with Gasteiger partial charge in [-0.3, -0.25) is 4.79 Å². The quantitative estimate of drug-likeness (QED) is 0.827. The fourth-order valence-electron chi connectivity index (χ4n) is 2.64. The van der Waals surface area contributed by atoms with E-state index in [1.807, 2.05) is 0 Å². The number of carbonyl (C=O) groups excluding carboxylic acids is 1. The maximum Gasteiger partial charge on any atom is 0.394 e. The molecular weight excluding hydrogens is 309 g/mol. The summed E-state index contributed by atoms with van der Waals surface area (Å²) in [7, 11) is 0. The third-order valence-corrected chi connectivity index (χ3v) is 5.14. The summed E-state index contributed by atoms with van der Waals surface area (Å²) in [6, 6.07) is -0.607. The molecule has 2 saturated heterocycles. The monoisotopic (exact) mass is 326 g/mol. The Morgan fingerprint density at radius 3 is 2.52 bits per heavy atom. The minimum absolute atomic E-state index is 0.343. The van der Waals surface area contributed by atoms with Gasteiger partial charge >= 0.3 is 18.2 Å². The summed E-state index contributed by atoms with van der Waals surface area (Å²) >= 11 is 1.78. The maximum absolute atomic E-state index is 12.8. The lowest BCUT2D eigenvalue weighted by molar-refractivity contribution is -0.187. The Morgan fingerprint density at radius 2 is 2.05 bits per heavy atom. The summed E-state index contributed by atoms with van der Waals surface area (Å²) in [5.41, 5.74) is 0. The second-order valence-electron chi connectivity index (χ2n) is 5.41. The molecule has 0 aliphatic carbocycles. The number of hydrogen-bond acceptors (Lipinski definition) is 3. The van der Waals surface area contributed by atoms with Crippen LogP contribution in [0.25, 0.3) is 0 Å². The van der Waals surface area contributed by atoms with Gasteiger partial charge in [-0.1, -0.05) is 0 Å². The van der Waals surface area contributed by atoms with E-state index in [4.69, 9.17) is 5.11 Å². The summed E-state index contributed by atoms with van der Waals surface area (Å²) in [6.45, 7) is -0.562. The van der Waals surface area contributed by atoms with Gasteiger partial charge in [0, 0.05) is 19.6 Å². The van der Waals surface area contributed by atoms with Crippen LogP contribution < -0.4 is 5.32 Å². The molecular formula is C12H17F3N2O3S. The molecule has 0 aromatic heterocycles. The van der Waals surface area contributed by atoms with Crippen LogP contribution >= 0.6 is 11.8 Å². The second kappa shape index (κ2) is 6.33. The summed E-state index contributed by atoms with van der Waals surface area (Å²) in [6.07, 6.45) is -3.63. The van der Waals surface area contributed by atoms with Gasteiger partial charge in [-0.2, -0.15) is 24.9 Å². The Kier molecular flexibility index (Phi) is 4.90. The summed E-state index contributed by atoms with van der Waals surface area (Å²) in [4.78, 5) is 23.8. The van der Waals surface area contributed by atoms with Crippen LogP contribution in [0, 0.1) is 17.8 Å². The number of hydrogen-bond donors (Lipinski definition) is 2. The predicted octanol–water partition coefficient (Wildman–Crippen LogP) is 1.64. The van der Waals surface area contributed by atoms with Crippen molar-refractivity contribution < 1.29 is 27.9 Å². The highest BCUT2D eigenvalue weighted by atomic mass is 32.2. The molecule has 0 aromatic rings. The van der Waals surface area contributed by atoms with Crippen LogP contribution in [-0.2, 0) is 4.79 Å². The molecule has 5 nitrogen and oxygen atoms in total. The van der Waals surface area contributed by atoms with Gasteiger partial charge in [-0.05, 0) is 23.8 Å². The molecule has 0 bridgehead atoms. The van der Waals surface area contributed by atoms with Crippen molar-refractivity contribution in [2.75, 3.05) is 31.1 Å². The molecule has 1 unspecified atom stereocenters. The Hall–Kier alpha value is -1.12. The SMILES string of the molecule is O=C(O)[C@@H]1CN(C(=O)NCC2CCSC2)C[C@H]1C(F)(F)F. The number of halogens is 3. The number of carbonyl (C=O) groups is 2. The second-order valence-corrected chi connectivity index (χ2v) is 6.56. The molecule has 2 aliphatic rings. The van der Waals surface area contributed by atoms with Crippen LogP contribution in [0.3, 0.4) is 0 Å². The van der Waals surface area contributed by atoms with Crippen LogP contribution in [0.2, 0.25) is 0 Å². The number of thioether (sulfide) groups is 1. The summed E-state index contributed by atoms with van der Waals surface area (Å²) < 4.78 is 38.4. The summed E-state index contributed by atoms with van der Waals surface area (Å²) in [5, 5.41) is 11.5. The van der Waals surface area contributed by atoms with E-state index in [0.717, 1.165) is 22.8 Å². The number of likely N-dealkylation sites (tertiary alicyclic amines) is 1. The normalized spacial score (nSPS) is 29.7. The van der Waals surface area contributed by atoms with Crippen LogP contribution in [0.15, 0.2) is 0 Å². The average Bonchev–Trinajstić information content (AvgIpc) is 3.04. The molecule has 2 amide bonds. The number of aliphatic carboxylic acids is 1. The van der Waals surface area contributed by atoms with Gasteiger partial charge in [-0.25, -0.2) is 4.79 Å². The number of amides is 2. The van der Waals surface area contributed by atoms with Crippen LogP contribution in [0.5, 0.6) is 0 Å². The van der Waals surface area contributed by atoms with Crippen molar-refractivity contribution in [1.29, 1.82) is 0 Å². The highest BCUT2D eigenvalue weighted by Gasteiger charge is 2.53. The minimum Gasteiger partial charge on any atom is -0.481 e. The molecule has 2 rings (SSSR count). The molecule has 9 heteroatoms. The molecule has 0 radical (unpaired) electrons. The first-order chi connectivity index (χ1) is 9.79. The molecule has 2 heterocycles. The van der Waals surface area contributed by atoms with Crippen molar-refractivity contribution in [2.45, 2.75) is 12.6 Å². The molecule has 0 saturated carbocycles. The largest absolute Gasteiger partial charge is 0.481 e. The van der Waals surface area contributed by atoms with Crippen LogP contribution in [-0.4, -0.2) is 59.3 Å². The Labute approximate surface area is 124 Å². The number of nitrogens with zero attached hydrogens (tertiary/aromatic N) is 1. The summed E-state index contributed by atoms with van der Waals surface area (Å²) in [5.74, 6) is -2.79. The Morgan fingerprint density at radius 1 is 1.33 bits per heavy atom. The van der Waals surface area contributed by atoms with Crippen molar-refractivity contribution in [1.82, 2.24) is 10.2 Å². The van der Waals surface area contributed by atoms with Gasteiger partial charge in [0.05, 0.1) is 11.8 Å². The zero-order valence-electron chi connectivity index (χ0n) is 11.2. The first-order valence-electron chi connectivity index (χ1n) is 6.69. The molecule has 0 spiro atoms. The van der Waals surface area contributed by atoms with E-state index < -0.39 is 43.1 Å². The fraction of sp³-hybridized carbons (Fsp3) is 0.833. The third kappa shape index (κ3) is 3.96. The number of carboxylic acids is 1. The number of nitrogens with one attached hydrogen (secondary N) is 1. The van der Waals surface area contributed by atoms with Crippen LogP contribution in [0.1, 0.15) is 6.42 Å². The first-order valence-corrected chi connectivity index (χ1v) is 7.84. The van der Waals surface area contributed by atoms with E-state index in [9.17, 15) is 22.8 Å². The van der Waals surface area contributed by atoms with E-state index in [1.165, 1.54) is 0 Å². The molecule has 2 aliphatic heterocycles. The number of urea groups is 1. The molecule has 2 fully saturated rings. The zero-order valence-corrected chi connectivity index (χ0v) is 12.0. The van der Waals surface area contributed by atoms with Crippen LogP contribution in [0.4, 0.5) is 18.0 Å². The van der Waals surface area contributed by atoms with E-state index in [0.29, 0.717) is 12.5 Å². The highest BCUT2D eigenvalue weighted by Crippen LogP contribution is 2.37. The fourth-order valence-corrected chi connectivity index (χ4v) is 3.92. The van der Waals surface area contributed by atoms with Crippen molar-refractivity contribution in [3.63, 3.8) is 0 Å². The van der Waals surface area contributed by atoms with Gasteiger partial charge in [-0.15, -0.1) is 0 Å². The third-order valence-electron chi connectivity index (χ3n) is 3.91. The number of rotatable bonds is 3. The lowest BCUT2D eigenvalue weighted by Gasteiger charge is -2.19. The van der Waals surface area contributed by atoms with E-state index >= 15 is 0 Å². The lowest BCUT2D eigenvalue weighted by Crippen LogP contribution is -2.41. The van der Waals surface area contributed by atoms with E-state index in [2.05, 4.69) is 5.32 Å². The first kappa shape index (κ1) is 16.3. The Bertz CT molecular complexity index is 413. The van der Waals surface area contributed by atoms with E-state index in [-0.39, 0.29) is 0 Å². The standard InChI is InChI=1S/C12H17F3N2O3S/c13-12(14,15)9-5-17(4-8(9)10(18)19)11(20)16-3-7-1-2-21-6-7/h7-9H,1-6H2,(H,16,20)(H,18,19)/t7?,8-,9-/m1/s1. The maximum atomic E-state index is 12.8. The molecule has 120 valence electrons. The van der Waals surface area contributed by atoms with Gasteiger partial charge in [0.2, 0.25) is 0 Å². The van der Waals surface area contributed by atoms with E-state index in [1.54, 1.807) is 11.8 Å². The Balaban J connectivity index is 1.91. The minimum atomic E-state index is -4.61. The van der Waals surface area contributed by atoms with Crippen molar-refractivity contribution in [3.8, 4) is 0 Å². The van der Waals surface area contributed by atoms with Gasteiger partial charge in [0.1, 0.15) is 0 Å². The predicted molar refractivity (Wildman–Crippen MR) is 71.1 cm³/mol. The molecule has 21 heavy (non-hydrogen) atoms.